The van der Waals surface area contributed by atoms with Gasteiger partial charge in [0.05, 0.1) is 4.90 Å². The molecule has 0 atom stereocenters. The predicted molar refractivity (Wildman–Crippen MR) is 101 cm³/mol. The molecule has 0 N–H and O–H groups in total. The van der Waals surface area contributed by atoms with Crippen molar-refractivity contribution in [3.63, 3.8) is 0 Å². The summed E-state index contributed by atoms with van der Waals surface area (Å²) in [6.07, 6.45) is 0.726. The van der Waals surface area contributed by atoms with Crippen LogP contribution < -0.4 is 4.90 Å². The van der Waals surface area contributed by atoms with Gasteiger partial charge in [-0.25, -0.2) is 8.42 Å². The van der Waals surface area contributed by atoms with E-state index >= 15 is 0 Å². The number of nitrogens with zero attached hydrogens (tertiary/aromatic N) is 3. The monoisotopic (exact) mass is 371 g/mol. The van der Waals surface area contributed by atoms with E-state index in [1.807, 2.05) is 48.2 Å². The molecule has 0 unspecified atom stereocenters. The molecule has 1 aliphatic rings. The van der Waals surface area contributed by atoms with Crippen LogP contribution in [0.4, 0.5) is 6.01 Å². The first-order chi connectivity index (χ1) is 12.5. The number of aryl methyl sites for hydroxylation is 1. The van der Waals surface area contributed by atoms with Crippen LogP contribution in [0.3, 0.4) is 0 Å². The summed E-state index contributed by atoms with van der Waals surface area (Å²) in [4.78, 5) is 6.89. The maximum atomic E-state index is 12.9. The SMILES string of the molecule is Cc1ccc(S(=O)(=O)N2CCCN(c3nc4ccccc4o3)CC2)cc1. The Morgan fingerprint density at radius 1 is 0.962 bits per heavy atom. The number of para-hydroxylation sites is 2. The first kappa shape index (κ1) is 17.1. The van der Waals surface area contributed by atoms with Gasteiger partial charge in [0.2, 0.25) is 10.0 Å². The van der Waals surface area contributed by atoms with Crippen LogP contribution >= 0.6 is 0 Å². The largest absolute Gasteiger partial charge is 0.423 e. The Hall–Kier alpha value is -2.38. The Labute approximate surface area is 153 Å². The second-order valence-corrected chi connectivity index (χ2v) is 8.46. The highest BCUT2D eigenvalue weighted by atomic mass is 32.2. The summed E-state index contributed by atoms with van der Waals surface area (Å²) in [5, 5.41) is 0. The van der Waals surface area contributed by atoms with Gasteiger partial charge in [-0.15, -0.1) is 0 Å². The van der Waals surface area contributed by atoms with Crippen LogP contribution in [-0.2, 0) is 10.0 Å². The number of rotatable bonds is 3. The lowest BCUT2D eigenvalue weighted by atomic mass is 10.2. The highest BCUT2D eigenvalue weighted by molar-refractivity contribution is 7.89. The minimum atomic E-state index is -3.48. The number of hydrogen-bond acceptors (Lipinski definition) is 5. The summed E-state index contributed by atoms with van der Waals surface area (Å²) < 4.78 is 33.2. The van der Waals surface area contributed by atoms with Gasteiger partial charge in [-0.1, -0.05) is 29.8 Å². The smallest absolute Gasteiger partial charge is 0.298 e. The molecule has 3 aromatic rings. The molecule has 2 heterocycles. The summed E-state index contributed by atoms with van der Waals surface area (Å²) in [5.41, 5.74) is 2.61. The number of oxazole rings is 1. The fourth-order valence-electron chi connectivity index (χ4n) is 3.18. The number of benzene rings is 2. The lowest BCUT2D eigenvalue weighted by Gasteiger charge is -2.21. The quantitative estimate of drug-likeness (QED) is 0.708. The second-order valence-electron chi connectivity index (χ2n) is 6.52. The Kier molecular flexibility index (Phi) is 4.42. The van der Waals surface area contributed by atoms with Crippen molar-refractivity contribution < 1.29 is 12.8 Å². The van der Waals surface area contributed by atoms with E-state index in [-0.39, 0.29) is 0 Å². The molecule has 2 aromatic carbocycles. The number of anilines is 1. The van der Waals surface area contributed by atoms with Crippen LogP contribution in [-0.4, -0.2) is 43.9 Å². The molecule has 0 saturated carbocycles. The van der Waals surface area contributed by atoms with Gasteiger partial charge in [0.1, 0.15) is 5.52 Å². The molecule has 7 heteroatoms. The van der Waals surface area contributed by atoms with Gasteiger partial charge >= 0.3 is 0 Å². The number of fused-ring (bicyclic) bond motifs is 1. The topological polar surface area (TPSA) is 66.7 Å². The highest BCUT2D eigenvalue weighted by Crippen LogP contribution is 2.24. The minimum Gasteiger partial charge on any atom is -0.423 e. The summed E-state index contributed by atoms with van der Waals surface area (Å²) in [6.45, 7) is 4.12. The maximum Gasteiger partial charge on any atom is 0.298 e. The number of sulfonamides is 1. The highest BCUT2D eigenvalue weighted by Gasteiger charge is 2.28. The third-order valence-corrected chi connectivity index (χ3v) is 6.58. The molecule has 0 radical (unpaired) electrons. The molecule has 1 aliphatic heterocycles. The predicted octanol–water partition coefficient (Wildman–Crippen LogP) is 3.04. The van der Waals surface area contributed by atoms with Gasteiger partial charge in [0, 0.05) is 26.2 Å². The van der Waals surface area contributed by atoms with Gasteiger partial charge in [-0.05, 0) is 37.6 Å². The first-order valence-corrected chi connectivity index (χ1v) is 10.2. The Morgan fingerprint density at radius 2 is 1.73 bits per heavy atom. The second kappa shape index (κ2) is 6.74. The van der Waals surface area contributed by atoms with Crippen molar-refractivity contribution in [2.45, 2.75) is 18.2 Å². The molecule has 0 spiro atoms. The molecular formula is C19H21N3O3S. The summed E-state index contributed by atoms with van der Waals surface area (Å²) in [7, 11) is -3.48. The van der Waals surface area contributed by atoms with Crippen molar-refractivity contribution in [2.75, 3.05) is 31.1 Å². The van der Waals surface area contributed by atoms with E-state index in [0.717, 1.165) is 23.1 Å². The van der Waals surface area contributed by atoms with E-state index in [1.54, 1.807) is 16.4 Å². The molecule has 0 aliphatic carbocycles. The number of aromatic nitrogens is 1. The third kappa shape index (κ3) is 3.20. The van der Waals surface area contributed by atoms with Crippen molar-refractivity contribution in [1.82, 2.24) is 9.29 Å². The molecule has 0 bridgehead atoms. The van der Waals surface area contributed by atoms with Crippen LogP contribution in [0.5, 0.6) is 0 Å². The van der Waals surface area contributed by atoms with Crippen LogP contribution in [0.2, 0.25) is 0 Å². The van der Waals surface area contributed by atoms with E-state index in [0.29, 0.717) is 37.1 Å². The van der Waals surface area contributed by atoms with Gasteiger partial charge in [0.25, 0.3) is 6.01 Å². The van der Waals surface area contributed by atoms with E-state index in [4.69, 9.17) is 4.42 Å². The Morgan fingerprint density at radius 3 is 2.50 bits per heavy atom. The van der Waals surface area contributed by atoms with E-state index in [9.17, 15) is 8.42 Å². The summed E-state index contributed by atoms with van der Waals surface area (Å²) in [5.74, 6) is 0. The van der Waals surface area contributed by atoms with Crippen molar-refractivity contribution in [3.8, 4) is 0 Å². The fourth-order valence-corrected chi connectivity index (χ4v) is 4.65. The van der Waals surface area contributed by atoms with E-state index in [1.165, 1.54) is 0 Å². The normalized spacial score (nSPS) is 16.7. The average Bonchev–Trinajstić information content (AvgIpc) is 2.90. The zero-order valence-corrected chi connectivity index (χ0v) is 15.4. The molecule has 4 rings (SSSR count). The fraction of sp³-hybridized carbons (Fsp3) is 0.316. The zero-order valence-electron chi connectivity index (χ0n) is 14.6. The van der Waals surface area contributed by atoms with E-state index < -0.39 is 10.0 Å². The molecule has 136 valence electrons. The summed E-state index contributed by atoms with van der Waals surface area (Å²) in [6, 6.07) is 15.2. The van der Waals surface area contributed by atoms with Crippen molar-refractivity contribution in [2.24, 2.45) is 0 Å². The molecule has 1 aromatic heterocycles. The lowest BCUT2D eigenvalue weighted by molar-refractivity contribution is 0.432. The molecule has 26 heavy (non-hydrogen) atoms. The van der Waals surface area contributed by atoms with E-state index in [2.05, 4.69) is 4.98 Å². The third-order valence-electron chi connectivity index (χ3n) is 4.67. The number of hydrogen-bond donors (Lipinski definition) is 0. The lowest BCUT2D eigenvalue weighted by Crippen LogP contribution is -2.35. The minimum absolute atomic E-state index is 0.346. The first-order valence-electron chi connectivity index (χ1n) is 8.71. The average molecular weight is 371 g/mol. The van der Waals surface area contributed by atoms with Crippen molar-refractivity contribution in [3.05, 3.63) is 54.1 Å². The van der Waals surface area contributed by atoms with Gasteiger partial charge < -0.3 is 9.32 Å². The zero-order chi connectivity index (χ0) is 18.1. The molecule has 6 nitrogen and oxygen atoms in total. The van der Waals surface area contributed by atoms with Crippen LogP contribution in [0.1, 0.15) is 12.0 Å². The van der Waals surface area contributed by atoms with Crippen LogP contribution in [0.15, 0.2) is 57.8 Å². The maximum absolute atomic E-state index is 12.9. The molecule has 1 saturated heterocycles. The van der Waals surface area contributed by atoms with Gasteiger partial charge in [-0.2, -0.15) is 9.29 Å². The molecule has 1 fully saturated rings. The van der Waals surface area contributed by atoms with Crippen LogP contribution in [0.25, 0.3) is 11.1 Å². The summed E-state index contributed by atoms with van der Waals surface area (Å²) >= 11 is 0. The van der Waals surface area contributed by atoms with Gasteiger partial charge in [0.15, 0.2) is 5.58 Å². The van der Waals surface area contributed by atoms with Gasteiger partial charge in [-0.3, -0.25) is 0 Å². The standard InChI is InChI=1S/C19H21N3O3S/c1-15-7-9-16(10-8-15)26(23,24)22-12-4-11-21(13-14-22)19-20-17-5-2-3-6-18(17)25-19/h2-3,5-10H,4,11-14H2,1H3. The Balaban J connectivity index is 1.53. The molecule has 0 amide bonds. The molecular weight excluding hydrogens is 350 g/mol. The van der Waals surface area contributed by atoms with Crippen molar-refractivity contribution >= 4 is 27.1 Å². The van der Waals surface area contributed by atoms with Crippen LogP contribution in [0, 0.1) is 6.92 Å². The van der Waals surface area contributed by atoms with Crippen molar-refractivity contribution in [1.29, 1.82) is 0 Å². The Bertz CT molecular complexity index is 979.